The Kier molecular flexibility index (Phi) is 3.78. The number of benzene rings is 2. The first kappa shape index (κ1) is 13.9. The highest BCUT2D eigenvalue weighted by Gasteiger charge is 2.24. The van der Waals surface area contributed by atoms with Crippen LogP contribution in [-0.2, 0) is 0 Å². The zero-order valence-electron chi connectivity index (χ0n) is 12.6. The standard InChI is InChI=1S/C19H20O2/c1-13-6-5-8-16(14(13)2)18(20)12-15-10-11-21-19-9-4-3-7-17(15)19/h3-9,15H,10-12H2,1-2H3. The zero-order chi connectivity index (χ0) is 14.8. The number of Topliss-reactive ketones (excluding diaryl/α,β-unsaturated/α-hetero) is 1. The van der Waals surface area contributed by atoms with E-state index in [4.69, 9.17) is 4.74 Å². The van der Waals surface area contributed by atoms with Gasteiger partial charge in [0.05, 0.1) is 6.61 Å². The molecule has 21 heavy (non-hydrogen) atoms. The molecule has 1 unspecified atom stereocenters. The highest BCUT2D eigenvalue weighted by atomic mass is 16.5. The maximum absolute atomic E-state index is 12.7. The fourth-order valence-electron chi connectivity index (χ4n) is 3.01. The van der Waals surface area contributed by atoms with E-state index in [0.717, 1.165) is 23.3 Å². The Balaban J connectivity index is 1.85. The Morgan fingerprint density at radius 2 is 1.95 bits per heavy atom. The summed E-state index contributed by atoms with van der Waals surface area (Å²) < 4.78 is 5.67. The Morgan fingerprint density at radius 1 is 1.14 bits per heavy atom. The third-order valence-electron chi connectivity index (χ3n) is 4.42. The van der Waals surface area contributed by atoms with Gasteiger partial charge in [0.15, 0.2) is 5.78 Å². The molecule has 0 amide bonds. The maximum atomic E-state index is 12.7. The van der Waals surface area contributed by atoms with Gasteiger partial charge in [-0.25, -0.2) is 0 Å². The van der Waals surface area contributed by atoms with Crippen molar-refractivity contribution in [1.82, 2.24) is 0 Å². The maximum Gasteiger partial charge on any atom is 0.163 e. The lowest BCUT2D eigenvalue weighted by Crippen LogP contribution is -2.17. The molecule has 2 aromatic carbocycles. The minimum atomic E-state index is 0.234. The van der Waals surface area contributed by atoms with Crippen molar-refractivity contribution in [2.45, 2.75) is 32.6 Å². The van der Waals surface area contributed by atoms with Crippen molar-refractivity contribution in [1.29, 1.82) is 0 Å². The number of fused-ring (bicyclic) bond motifs is 1. The molecule has 0 bridgehead atoms. The molecule has 0 aliphatic carbocycles. The number of carbonyl (C=O) groups excluding carboxylic acids is 1. The minimum absolute atomic E-state index is 0.234. The van der Waals surface area contributed by atoms with Gasteiger partial charge in [0, 0.05) is 12.0 Å². The number of hydrogen-bond donors (Lipinski definition) is 0. The zero-order valence-corrected chi connectivity index (χ0v) is 12.6. The van der Waals surface area contributed by atoms with Crippen LogP contribution in [-0.4, -0.2) is 12.4 Å². The van der Waals surface area contributed by atoms with Crippen LogP contribution in [0.15, 0.2) is 42.5 Å². The summed E-state index contributed by atoms with van der Waals surface area (Å²) in [5.41, 5.74) is 4.30. The first-order valence-electron chi connectivity index (χ1n) is 7.48. The first-order valence-corrected chi connectivity index (χ1v) is 7.48. The van der Waals surface area contributed by atoms with Gasteiger partial charge in [-0.3, -0.25) is 4.79 Å². The second-order valence-electron chi connectivity index (χ2n) is 5.75. The molecule has 0 saturated heterocycles. The van der Waals surface area contributed by atoms with Gasteiger partial charge in [-0.1, -0.05) is 36.4 Å². The summed E-state index contributed by atoms with van der Waals surface area (Å²) in [5.74, 6) is 1.43. The van der Waals surface area contributed by atoms with Gasteiger partial charge >= 0.3 is 0 Å². The minimum Gasteiger partial charge on any atom is -0.493 e. The fourth-order valence-corrected chi connectivity index (χ4v) is 3.01. The lowest BCUT2D eigenvalue weighted by atomic mass is 9.86. The molecule has 2 aromatic rings. The molecule has 108 valence electrons. The highest BCUT2D eigenvalue weighted by molar-refractivity contribution is 5.98. The van der Waals surface area contributed by atoms with Gasteiger partial charge in [0.1, 0.15) is 5.75 Å². The van der Waals surface area contributed by atoms with E-state index < -0.39 is 0 Å². The predicted octanol–water partition coefficient (Wildman–Crippen LogP) is 4.44. The van der Waals surface area contributed by atoms with Crippen LogP contribution in [0.3, 0.4) is 0 Å². The van der Waals surface area contributed by atoms with Crippen molar-refractivity contribution < 1.29 is 9.53 Å². The molecule has 2 nitrogen and oxygen atoms in total. The van der Waals surface area contributed by atoms with Crippen LogP contribution in [0.2, 0.25) is 0 Å². The molecular formula is C19H20O2. The van der Waals surface area contributed by atoms with Gasteiger partial charge < -0.3 is 4.74 Å². The molecule has 1 atom stereocenters. The topological polar surface area (TPSA) is 26.3 Å². The molecule has 0 spiro atoms. The third-order valence-corrected chi connectivity index (χ3v) is 4.42. The summed E-state index contributed by atoms with van der Waals surface area (Å²) in [6.07, 6.45) is 1.47. The molecule has 1 heterocycles. The molecule has 0 radical (unpaired) electrons. The number of hydrogen-bond acceptors (Lipinski definition) is 2. The summed E-state index contributed by atoms with van der Waals surface area (Å²) in [5, 5.41) is 0. The fraction of sp³-hybridized carbons (Fsp3) is 0.316. The van der Waals surface area contributed by atoms with E-state index in [1.54, 1.807) is 0 Å². The van der Waals surface area contributed by atoms with E-state index in [0.29, 0.717) is 13.0 Å². The van der Waals surface area contributed by atoms with Crippen LogP contribution in [0.25, 0.3) is 0 Å². The summed E-state index contributed by atoms with van der Waals surface area (Å²) in [7, 11) is 0. The van der Waals surface area contributed by atoms with Crippen LogP contribution in [0.1, 0.15) is 45.8 Å². The molecule has 0 saturated carbocycles. The largest absolute Gasteiger partial charge is 0.493 e. The van der Waals surface area contributed by atoms with E-state index in [2.05, 4.69) is 19.1 Å². The number of carbonyl (C=O) groups is 1. The second-order valence-corrected chi connectivity index (χ2v) is 5.75. The summed E-state index contributed by atoms with van der Waals surface area (Å²) >= 11 is 0. The average molecular weight is 280 g/mol. The van der Waals surface area contributed by atoms with E-state index in [1.807, 2.05) is 37.3 Å². The molecule has 0 fully saturated rings. The third kappa shape index (κ3) is 2.71. The van der Waals surface area contributed by atoms with Crippen molar-refractivity contribution in [3.8, 4) is 5.75 Å². The number of rotatable bonds is 3. The summed E-state index contributed by atoms with van der Waals surface area (Å²) in [6, 6.07) is 14.0. The normalized spacial score (nSPS) is 17.0. The molecule has 1 aliphatic rings. The lowest BCUT2D eigenvalue weighted by molar-refractivity contribution is 0.0965. The van der Waals surface area contributed by atoms with Crippen LogP contribution in [0.4, 0.5) is 0 Å². The van der Waals surface area contributed by atoms with Gasteiger partial charge in [0.25, 0.3) is 0 Å². The Morgan fingerprint density at radius 3 is 2.81 bits per heavy atom. The van der Waals surface area contributed by atoms with E-state index in [9.17, 15) is 4.79 Å². The first-order chi connectivity index (χ1) is 10.2. The van der Waals surface area contributed by atoms with Crippen LogP contribution in [0.5, 0.6) is 5.75 Å². The molecule has 1 aliphatic heterocycles. The van der Waals surface area contributed by atoms with Crippen LogP contribution < -0.4 is 4.74 Å². The number of aryl methyl sites for hydroxylation is 1. The van der Waals surface area contributed by atoms with Crippen molar-refractivity contribution in [3.05, 3.63) is 64.7 Å². The van der Waals surface area contributed by atoms with Crippen molar-refractivity contribution in [3.63, 3.8) is 0 Å². The average Bonchev–Trinajstić information content (AvgIpc) is 2.50. The lowest BCUT2D eigenvalue weighted by Gasteiger charge is -2.25. The molecule has 0 N–H and O–H groups in total. The van der Waals surface area contributed by atoms with Gasteiger partial charge in [-0.2, -0.15) is 0 Å². The number of ketones is 1. The van der Waals surface area contributed by atoms with E-state index in [1.165, 1.54) is 11.1 Å². The van der Waals surface area contributed by atoms with Gasteiger partial charge in [-0.15, -0.1) is 0 Å². The van der Waals surface area contributed by atoms with Crippen LogP contribution >= 0.6 is 0 Å². The van der Waals surface area contributed by atoms with Gasteiger partial charge in [0.2, 0.25) is 0 Å². The molecular weight excluding hydrogens is 260 g/mol. The Labute approximate surface area is 125 Å². The second kappa shape index (κ2) is 5.72. The number of ether oxygens (including phenoxy) is 1. The smallest absolute Gasteiger partial charge is 0.163 e. The van der Waals surface area contributed by atoms with E-state index in [-0.39, 0.29) is 11.7 Å². The van der Waals surface area contributed by atoms with Crippen molar-refractivity contribution in [2.75, 3.05) is 6.61 Å². The summed E-state index contributed by atoms with van der Waals surface area (Å²) in [4.78, 5) is 12.7. The Hall–Kier alpha value is -2.09. The molecule has 2 heteroatoms. The quantitative estimate of drug-likeness (QED) is 0.777. The van der Waals surface area contributed by atoms with Gasteiger partial charge in [-0.05, 0) is 48.9 Å². The predicted molar refractivity (Wildman–Crippen MR) is 84.2 cm³/mol. The Bertz CT molecular complexity index is 673. The highest BCUT2D eigenvalue weighted by Crippen LogP contribution is 2.36. The van der Waals surface area contributed by atoms with Crippen LogP contribution in [0, 0.1) is 13.8 Å². The monoisotopic (exact) mass is 280 g/mol. The summed E-state index contributed by atoms with van der Waals surface area (Å²) in [6.45, 7) is 4.78. The van der Waals surface area contributed by atoms with Crippen molar-refractivity contribution >= 4 is 5.78 Å². The van der Waals surface area contributed by atoms with E-state index >= 15 is 0 Å². The van der Waals surface area contributed by atoms with Crippen molar-refractivity contribution in [2.24, 2.45) is 0 Å². The molecule has 0 aromatic heterocycles. The SMILES string of the molecule is Cc1cccc(C(=O)CC2CCOc3ccccc32)c1C. The molecule has 3 rings (SSSR count). The number of para-hydroxylation sites is 1.